The maximum Gasteiger partial charge on any atom is 0.246 e. The second kappa shape index (κ2) is 7.97. The average Bonchev–Trinajstić information content (AvgIpc) is 2.63. The fourth-order valence-corrected chi connectivity index (χ4v) is 2.75. The van der Waals surface area contributed by atoms with E-state index < -0.39 is 0 Å². The molecule has 2 aromatic rings. The largest absolute Gasteiger partial charge is 0.437 e. The summed E-state index contributed by atoms with van der Waals surface area (Å²) < 4.78 is 5.64. The molecule has 1 saturated heterocycles. The van der Waals surface area contributed by atoms with Gasteiger partial charge in [0.05, 0.1) is 5.02 Å². The van der Waals surface area contributed by atoms with Crippen molar-refractivity contribution in [1.82, 2.24) is 9.88 Å². The number of benzene rings is 1. The van der Waals surface area contributed by atoms with Crippen LogP contribution in [0.1, 0.15) is 24.8 Å². The lowest BCUT2D eigenvalue weighted by molar-refractivity contribution is -0.126. The fourth-order valence-electron chi connectivity index (χ4n) is 2.58. The van der Waals surface area contributed by atoms with Crippen LogP contribution in [0.15, 0.2) is 48.7 Å². The van der Waals surface area contributed by atoms with Crippen molar-refractivity contribution in [2.75, 3.05) is 13.1 Å². The number of pyridine rings is 1. The van der Waals surface area contributed by atoms with Gasteiger partial charge in [-0.3, -0.25) is 4.79 Å². The van der Waals surface area contributed by atoms with Gasteiger partial charge in [-0.15, -0.1) is 0 Å². The number of ether oxygens (including phenoxy) is 1. The highest BCUT2D eigenvalue weighted by Gasteiger charge is 2.13. The third kappa shape index (κ3) is 4.36. The van der Waals surface area contributed by atoms with E-state index in [0.717, 1.165) is 31.5 Å². The van der Waals surface area contributed by atoms with E-state index in [4.69, 9.17) is 16.3 Å². The molecule has 1 fully saturated rings. The molecule has 1 aromatic heterocycles. The smallest absolute Gasteiger partial charge is 0.246 e. The number of para-hydroxylation sites is 1. The Bertz CT molecular complexity index is 722. The highest BCUT2D eigenvalue weighted by Crippen LogP contribution is 2.27. The van der Waals surface area contributed by atoms with Gasteiger partial charge in [0.1, 0.15) is 5.75 Å². The molecule has 0 atom stereocenters. The van der Waals surface area contributed by atoms with Crippen LogP contribution in [0.4, 0.5) is 0 Å². The highest BCUT2D eigenvalue weighted by atomic mass is 35.5. The van der Waals surface area contributed by atoms with E-state index in [-0.39, 0.29) is 5.91 Å². The Morgan fingerprint density at radius 2 is 1.92 bits per heavy atom. The molecule has 5 heteroatoms. The average molecular weight is 343 g/mol. The summed E-state index contributed by atoms with van der Waals surface area (Å²) in [5.74, 6) is 1.09. The van der Waals surface area contributed by atoms with E-state index in [1.807, 2.05) is 23.1 Å². The number of halogens is 1. The number of hydrogen-bond acceptors (Lipinski definition) is 3. The van der Waals surface area contributed by atoms with Crippen LogP contribution in [0.5, 0.6) is 11.6 Å². The van der Waals surface area contributed by atoms with Gasteiger partial charge >= 0.3 is 0 Å². The first kappa shape index (κ1) is 16.5. The van der Waals surface area contributed by atoms with Crippen molar-refractivity contribution in [3.8, 4) is 11.6 Å². The topological polar surface area (TPSA) is 42.4 Å². The molecule has 1 aliphatic heterocycles. The van der Waals surface area contributed by atoms with Gasteiger partial charge in [-0.25, -0.2) is 4.98 Å². The maximum absolute atomic E-state index is 12.1. The van der Waals surface area contributed by atoms with Gasteiger partial charge in [0, 0.05) is 31.4 Å². The zero-order valence-electron chi connectivity index (χ0n) is 13.3. The predicted octanol–water partition coefficient (Wildman–Crippen LogP) is 4.55. The molecule has 1 amide bonds. The zero-order valence-corrected chi connectivity index (χ0v) is 14.1. The molecule has 0 spiro atoms. The molecule has 1 aromatic carbocycles. The van der Waals surface area contributed by atoms with Crippen molar-refractivity contribution in [2.45, 2.75) is 19.3 Å². The van der Waals surface area contributed by atoms with Crippen LogP contribution in [0.3, 0.4) is 0 Å². The Morgan fingerprint density at radius 1 is 1.12 bits per heavy atom. The van der Waals surface area contributed by atoms with Crippen molar-refractivity contribution in [3.05, 3.63) is 59.3 Å². The van der Waals surface area contributed by atoms with Gasteiger partial charge in [0.2, 0.25) is 11.8 Å². The van der Waals surface area contributed by atoms with E-state index in [0.29, 0.717) is 16.7 Å². The molecule has 3 rings (SSSR count). The number of nitrogens with zero attached hydrogens (tertiary/aromatic N) is 2. The van der Waals surface area contributed by atoms with Crippen molar-refractivity contribution in [1.29, 1.82) is 0 Å². The molecule has 0 unspecified atom stereocenters. The molecule has 1 aliphatic rings. The van der Waals surface area contributed by atoms with Crippen LogP contribution in [0, 0.1) is 0 Å². The van der Waals surface area contributed by atoms with E-state index in [9.17, 15) is 4.79 Å². The molecule has 0 N–H and O–H groups in total. The second-order valence-electron chi connectivity index (χ2n) is 5.68. The lowest BCUT2D eigenvalue weighted by Crippen LogP contribution is -2.34. The van der Waals surface area contributed by atoms with Gasteiger partial charge in [0.15, 0.2) is 0 Å². The van der Waals surface area contributed by atoms with Crippen molar-refractivity contribution < 1.29 is 9.53 Å². The van der Waals surface area contributed by atoms with Crippen LogP contribution < -0.4 is 4.74 Å². The molecule has 0 saturated carbocycles. The van der Waals surface area contributed by atoms with Gasteiger partial charge in [-0.05, 0) is 49.1 Å². The molecule has 124 valence electrons. The van der Waals surface area contributed by atoms with E-state index in [1.54, 1.807) is 36.5 Å². The first-order chi connectivity index (χ1) is 11.7. The molecule has 2 heterocycles. The predicted molar refractivity (Wildman–Crippen MR) is 95.2 cm³/mol. The number of piperidine rings is 1. The minimum Gasteiger partial charge on any atom is -0.437 e. The van der Waals surface area contributed by atoms with Crippen molar-refractivity contribution in [2.24, 2.45) is 0 Å². The summed E-state index contributed by atoms with van der Waals surface area (Å²) in [6, 6.07) is 10.9. The monoisotopic (exact) mass is 342 g/mol. The normalized spacial score (nSPS) is 14.8. The van der Waals surface area contributed by atoms with Gasteiger partial charge in [-0.1, -0.05) is 23.7 Å². The summed E-state index contributed by atoms with van der Waals surface area (Å²) >= 11 is 6.06. The number of likely N-dealkylation sites (tertiary alicyclic amines) is 1. The molecule has 0 bridgehead atoms. The summed E-state index contributed by atoms with van der Waals surface area (Å²) in [4.78, 5) is 18.2. The van der Waals surface area contributed by atoms with Gasteiger partial charge < -0.3 is 9.64 Å². The van der Waals surface area contributed by atoms with Crippen LogP contribution >= 0.6 is 11.6 Å². The number of rotatable bonds is 4. The molecule has 0 radical (unpaired) electrons. The van der Waals surface area contributed by atoms with Crippen LogP contribution in [0.2, 0.25) is 5.02 Å². The zero-order chi connectivity index (χ0) is 16.8. The Labute approximate surface area is 146 Å². The third-order valence-corrected chi connectivity index (χ3v) is 4.21. The van der Waals surface area contributed by atoms with Gasteiger partial charge in [0.25, 0.3) is 0 Å². The Morgan fingerprint density at radius 3 is 2.62 bits per heavy atom. The Hall–Kier alpha value is -2.33. The minimum atomic E-state index is 0.0612. The summed E-state index contributed by atoms with van der Waals surface area (Å²) in [6.07, 6.45) is 8.46. The van der Waals surface area contributed by atoms with Crippen molar-refractivity contribution in [3.63, 3.8) is 0 Å². The standard InChI is InChI=1S/C19H19ClN2O2/c20-16-6-2-3-7-17(16)24-18-10-8-15(14-21-18)9-11-19(23)22-12-4-1-5-13-22/h2-3,6-11,14H,1,4-5,12-13H2/b11-9+. The highest BCUT2D eigenvalue weighted by molar-refractivity contribution is 6.32. The van der Waals surface area contributed by atoms with Crippen LogP contribution in [0.25, 0.3) is 6.08 Å². The second-order valence-corrected chi connectivity index (χ2v) is 6.09. The summed E-state index contributed by atoms with van der Waals surface area (Å²) in [5, 5.41) is 0.537. The van der Waals surface area contributed by atoms with Crippen LogP contribution in [-0.4, -0.2) is 28.9 Å². The SMILES string of the molecule is O=C(/C=C/c1ccc(Oc2ccccc2Cl)nc1)N1CCCCC1. The van der Waals surface area contributed by atoms with E-state index >= 15 is 0 Å². The first-order valence-corrected chi connectivity index (χ1v) is 8.45. The number of amides is 1. The minimum absolute atomic E-state index is 0.0612. The fraction of sp³-hybridized carbons (Fsp3) is 0.263. The molecule has 4 nitrogen and oxygen atoms in total. The Balaban J connectivity index is 1.61. The third-order valence-electron chi connectivity index (χ3n) is 3.90. The van der Waals surface area contributed by atoms with E-state index in [2.05, 4.69) is 4.98 Å². The summed E-state index contributed by atoms with van der Waals surface area (Å²) in [6.45, 7) is 1.71. The lowest BCUT2D eigenvalue weighted by atomic mass is 10.1. The number of aromatic nitrogens is 1. The first-order valence-electron chi connectivity index (χ1n) is 8.08. The van der Waals surface area contributed by atoms with Crippen molar-refractivity contribution >= 4 is 23.6 Å². The number of carbonyl (C=O) groups excluding carboxylic acids is 1. The quantitative estimate of drug-likeness (QED) is 0.765. The summed E-state index contributed by atoms with van der Waals surface area (Å²) in [5.41, 5.74) is 0.854. The molecular weight excluding hydrogens is 324 g/mol. The Kier molecular flexibility index (Phi) is 5.49. The summed E-state index contributed by atoms with van der Waals surface area (Å²) in [7, 11) is 0. The maximum atomic E-state index is 12.1. The van der Waals surface area contributed by atoms with Crippen LogP contribution in [-0.2, 0) is 4.79 Å². The number of hydrogen-bond donors (Lipinski definition) is 0. The molecule has 24 heavy (non-hydrogen) atoms. The van der Waals surface area contributed by atoms with E-state index in [1.165, 1.54) is 6.42 Å². The lowest BCUT2D eigenvalue weighted by Gasteiger charge is -2.25. The van der Waals surface area contributed by atoms with Gasteiger partial charge in [-0.2, -0.15) is 0 Å². The molecular formula is C19H19ClN2O2. The molecule has 0 aliphatic carbocycles. The number of carbonyl (C=O) groups is 1.